The molecule has 6 heteroatoms. The van der Waals surface area contributed by atoms with E-state index in [1.807, 2.05) is 0 Å². The van der Waals surface area contributed by atoms with Crippen LogP contribution in [0.2, 0.25) is 0 Å². The highest BCUT2D eigenvalue weighted by molar-refractivity contribution is 6.09. The van der Waals surface area contributed by atoms with Gasteiger partial charge in [0, 0.05) is 5.39 Å². The van der Waals surface area contributed by atoms with E-state index < -0.39 is 11.9 Å². The Labute approximate surface area is 106 Å². The fraction of sp³-hybridized carbons (Fsp3) is 0. The maximum atomic E-state index is 11.1. The molecule has 0 saturated carbocycles. The number of hydrogen-bond donors (Lipinski definition) is 2. The predicted molar refractivity (Wildman–Crippen MR) is 65.6 cm³/mol. The molecular formula is C13H7NO5. The number of carboxylic acids is 2. The molecule has 0 amide bonds. The Hall–Kier alpha value is -2.98. The van der Waals surface area contributed by atoms with Crippen LogP contribution in [0.3, 0.4) is 0 Å². The average molecular weight is 257 g/mol. The van der Waals surface area contributed by atoms with E-state index >= 15 is 0 Å². The number of aromatic carboxylic acids is 2. The summed E-state index contributed by atoms with van der Waals surface area (Å²) in [5.74, 6) is -2.29. The number of carbonyl (C=O) groups is 2. The second-order valence-electron chi connectivity index (χ2n) is 3.71. The van der Waals surface area contributed by atoms with Gasteiger partial charge >= 0.3 is 11.9 Å². The molecule has 0 aliphatic carbocycles. The van der Waals surface area contributed by atoms with Crippen molar-refractivity contribution in [1.29, 1.82) is 0 Å². The van der Waals surface area contributed by atoms with Gasteiger partial charge in [-0.3, -0.25) is 0 Å². The first-order valence-corrected chi connectivity index (χ1v) is 5.16. The molecule has 0 aliphatic rings. The quantitative estimate of drug-likeness (QED) is 0.647. The molecule has 2 rings (SSSR count). The highest BCUT2D eigenvalue weighted by Gasteiger charge is 2.13. The summed E-state index contributed by atoms with van der Waals surface area (Å²) in [5, 5.41) is 18.6. The van der Waals surface area contributed by atoms with E-state index in [0.717, 1.165) is 0 Å². The number of hydrogen-bond acceptors (Lipinski definition) is 4. The molecule has 0 spiro atoms. The van der Waals surface area contributed by atoms with Gasteiger partial charge in [-0.2, -0.15) is 4.99 Å². The molecule has 0 aromatic heterocycles. The van der Waals surface area contributed by atoms with Gasteiger partial charge in [-0.25, -0.2) is 14.4 Å². The van der Waals surface area contributed by atoms with Gasteiger partial charge in [0.05, 0.1) is 16.8 Å². The normalized spacial score (nSPS) is 9.89. The van der Waals surface area contributed by atoms with Crippen LogP contribution in [0.15, 0.2) is 35.3 Å². The molecule has 0 fully saturated rings. The topological polar surface area (TPSA) is 104 Å². The molecule has 0 bridgehead atoms. The van der Waals surface area contributed by atoms with Crippen molar-refractivity contribution in [2.45, 2.75) is 0 Å². The molecule has 0 heterocycles. The molecule has 6 nitrogen and oxygen atoms in total. The zero-order valence-corrected chi connectivity index (χ0v) is 9.45. The molecule has 2 N–H and O–H groups in total. The van der Waals surface area contributed by atoms with E-state index in [9.17, 15) is 14.4 Å². The zero-order valence-electron chi connectivity index (χ0n) is 9.45. The third kappa shape index (κ3) is 2.20. The third-order valence-electron chi connectivity index (χ3n) is 2.64. The lowest BCUT2D eigenvalue weighted by atomic mass is 10.0. The number of carbonyl (C=O) groups excluding carboxylic acids is 1. The molecule has 2 aromatic carbocycles. The Morgan fingerprint density at radius 1 is 1.00 bits per heavy atom. The van der Waals surface area contributed by atoms with Crippen molar-refractivity contribution < 1.29 is 24.6 Å². The maximum Gasteiger partial charge on any atom is 0.336 e. The summed E-state index contributed by atoms with van der Waals surface area (Å²) in [6.45, 7) is 0. The third-order valence-corrected chi connectivity index (χ3v) is 2.64. The highest BCUT2D eigenvalue weighted by atomic mass is 16.4. The first-order chi connectivity index (χ1) is 9.04. The zero-order chi connectivity index (χ0) is 14.0. The van der Waals surface area contributed by atoms with Crippen LogP contribution in [0.5, 0.6) is 0 Å². The molecular weight excluding hydrogens is 250 g/mol. The van der Waals surface area contributed by atoms with Crippen molar-refractivity contribution in [2.75, 3.05) is 0 Å². The first kappa shape index (κ1) is 12.5. The summed E-state index contributed by atoms with van der Waals surface area (Å²) < 4.78 is 0. The summed E-state index contributed by atoms with van der Waals surface area (Å²) in [6, 6.07) is 6.60. The largest absolute Gasteiger partial charge is 0.478 e. The van der Waals surface area contributed by atoms with Gasteiger partial charge in [0.15, 0.2) is 0 Å². The summed E-state index contributed by atoms with van der Waals surface area (Å²) in [5.41, 5.74) is 0.173. The van der Waals surface area contributed by atoms with Gasteiger partial charge in [0.1, 0.15) is 0 Å². The van der Waals surface area contributed by atoms with Crippen molar-refractivity contribution in [3.8, 4) is 0 Å². The standard InChI is InChI=1S/C13H7NO5/c15-6-14-11-4-3-9(13(18)19)8-2-1-7(12(16)17)5-10(8)11/h1-5H,(H,16,17)(H,18,19). The Bertz CT molecular complexity index is 744. The van der Waals surface area contributed by atoms with Crippen LogP contribution >= 0.6 is 0 Å². The molecule has 0 saturated heterocycles. The average Bonchev–Trinajstić information content (AvgIpc) is 2.38. The van der Waals surface area contributed by atoms with E-state index in [-0.39, 0.29) is 22.2 Å². The lowest BCUT2D eigenvalue weighted by molar-refractivity contribution is 0.0688. The fourth-order valence-corrected chi connectivity index (χ4v) is 1.80. The Balaban J connectivity index is 2.88. The fourth-order valence-electron chi connectivity index (χ4n) is 1.80. The minimum atomic E-state index is -1.15. The van der Waals surface area contributed by atoms with Gasteiger partial charge in [-0.1, -0.05) is 6.07 Å². The monoisotopic (exact) mass is 257 g/mol. The Kier molecular flexibility index (Phi) is 3.10. The number of nitrogens with zero attached hydrogens (tertiary/aromatic N) is 1. The lowest BCUT2D eigenvalue weighted by Crippen LogP contribution is -2.00. The number of isocyanates is 1. The van der Waals surface area contributed by atoms with Crippen molar-refractivity contribution in [3.63, 3.8) is 0 Å². The second kappa shape index (κ2) is 4.72. The molecule has 0 unspecified atom stereocenters. The van der Waals surface area contributed by atoms with Gasteiger partial charge in [-0.15, -0.1) is 0 Å². The van der Waals surface area contributed by atoms with Gasteiger partial charge < -0.3 is 10.2 Å². The first-order valence-electron chi connectivity index (χ1n) is 5.16. The van der Waals surface area contributed by atoms with Crippen molar-refractivity contribution in [2.24, 2.45) is 4.99 Å². The minimum Gasteiger partial charge on any atom is -0.478 e. The van der Waals surface area contributed by atoms with E-state index in [1.54, 1.807) is 0 Å². The molecule has 0 aliphatic heterocycles. The van der Waals surface area contributed by atoms with E-state index in [0.29, 0.717) is 5.39 Å². The van der Waals surface area contributed by atoms with Crippen LogP contribution < -0.4 is 0 Å². The van der Waals surface area contributed by atoms with Crippen LogP contribution in [0.1, 0.15) is 20.7 Å². The number of fused-ring (bicyclic) bond motifs is 1. The van der Waals surface area contributed by atoms with E-state index in [1.165, 1.54) is 36.4 Å². The van der Waals surface area contributed by atoms with Crippen LogP contribution in [0.4, 0.5) is 5.69 Å². The van der Waals surface area contributed by atoms with Crippen LogP contribution in [0.25, 0.3) is 10.8 Å². The van der Waals surface area contributed by atoms with Crippen molar-refractivity contribution >= 4 is 34.5 Å². The van der Waals surface area contributed by atoms with E-state index in [2.05, 4.69) is 4.99 Å². The molecule has 19 heavy (non-hydrogen) atoms. The Morgan fingerprint density at radius 2 is 1.74 bits per heavy atom. The van der Waals surface area contributed by atoms with Crippen LogP contribution in [-0.4, -0.2) is 28.2 Å². The van der Waals surface area contributed by atoms with Gasteiger partial charge in [0.25, 0.3) is 0 Å². The molecule has 2 aromatic rings. The smallest absolute Gasteiger partial charge is 0.336 e. The van der Waals surface area contributed by atoms with Crippen LogP contribution in [-0.2, 0) is 4.79 Å². The van der Waals surface area contributed by atoms with Crippen LogP contribution in [0, 0.1) is 0 Å². The van der Waals surface area contributed by atoms with Gasteiger partial charge in [0.2, 0.25) is 6.08 Å². The SMILES string of the molecule is O=C=Nc1ccc(C(=O)O)c2ccc(C(=O)O)cc12. The highest BCUT2D eigenvalue weighted by Crippen LogP contribution is 2.29. The van der Waals surface area contributed by atoms with Crippen molar-refractivity contribution in [1.82, 2.24) is 0 Å². The minimum absolute atomic E-state index is 0.0109. The lowest BCUT2D eigenvalue weighted by Gasteiger charge is -2.06. The predicted octanol–water partition coefficient (Wildman–Crippen LogP) is 2.20. The summed E-state index contributed by atoms with van der Waals surface area (Å²) in [4.78, 5) is 35.8. The Morgan fingerprint density at radius 3 is 2.32 bits per heavy atom. The summed E-state index contributed by atoms with van der Waals surface area (Å²) in [7, 11) is 0. The van der Waals surface area contributed by atoms with Gasteiger partial charge in [-0.05, 0) is 29.7 Å². The number of aliphatic imine (C=N–C) groups is 1. The molecule has 0 atom stereocenters. The molecule has 0 radical (unpaired) electrons. The summed E-state index contributed by atoms with van der Waals surface area (Å²) >= 11 is 0. The number of carboxylic acid groups (broad SMARTS) is 2. The van der Waals surface area contributed by atoms with E-state index in [4.69, 9.17) is 10.2 Å². The molecule has 94 valence electrons. The second-order valence-corrected chi connectivity index (χ2v) is 3.71. The van der Waals surface area contributed by atoms with Crippen molar-refractivity contribution in [3.05, 3.63) is 41.5 Å². The number of benzene rings is 2. The maximum absolute atomic E-state index is 11.1. The summed E-state index contributed by atoms with van der Waals surface area (Å²) in [6.07, 6.45) is 1.35. The number of rotatable bonds is 3.